The van der Waals surface area contributed by atoms with Gasteiger partial charge in [-0.05, 0) is 32.4 Å². The summed E-state index contributed by atoms with van der Waals surface area (Å²) in [6.07, 6.45) is 0.779. The molecule has 27 heavy (non-hydrogen) atoms. The summed E-state index contributed by atoms with van der Waals surface area (Å²) in [5, 5.41) is 16.1. The van der Waals surface area contributed by atoms with Gasteiger partial charge in [0.05, 0.1) is 16.9 Å². The molecule has 142 valence electrons. The van der Waals surface area contributed by atoms with E-state index in [-0.39, 0.29) is 10.7 Å². The van der Waals surface area contributed by atoms with E-state index in [4.69, 9.17) is 21.6 Å². The number of hydrogen-bond donors (Lipinski definition) is 1. The van der Waals surface area contributed by atoms with Crippen molar-refractivity contribution in [1.29, 1.82) is 5.26 Å². The molecular formula is C19H21ClN4O3. The number of anilines is 1. The highest BCUT2D eigenvalue weighted by Crippen LogP contribution is 2.22. The first-order valence-electron chi connectivity index (χ1n) is 8.62. The van der Waals surface area contributed by atoms with Crippen LogP contribution < -0.4 is 5.32 Å². The van der Waals surface area contributed by atoms with Gasteiger partial charge in [-0.2, -0.15) is 10.4 Å². The first-order valence-corrected chi connectivity index (χ1v) is 9.00. The molecule has 1 heterocycles. The van der Waals surface area contributed by atoms with Crippen LogP contribution in [0.1, 0.15) is 48.3 Å². The SMILES string of the molecule is CCCCn1nc(C)c(C(=O)O[C@H](C)C(=O)Nc2ccccc2C#N)c1Cl. The molecule has 0 bridgehead atoms. The third kappa shape index (κ3) is 4.86. The second-order valence-corrected chi connectivity index (χ2v) is 6.38. The van der Waals surface area contributed by atoms with Crippen molar-refractivity contribution in [3.05, 3.63) is 46.2 Å². The molecule has 0 aliphatic rings. The summed E-state index contributed by atoms with van der Waals surface area (Å²) in [5.74, 6) is -1.25. The minimum absolute atomic E-state index is 0.157. The van der Waals surface area contributed by atoms with Crippen molar-refractivity contribution in [1.82, 2.24) is 9.78 Å². The summed E-state index contributed by atoms with van der Waals surface area (Å²) in [7, 11) is 0. The molecule has 0 spiro atoms. The minimum atomic E-state index is -1.07. The number of rotatable bonds is 7. The first-order chi connectivity index (χ1) is 12.9. The van der Waals surface area contributed by atoms with E-state index in [1.54, 1.807) is 35.9 Å². The molecule has 8 heteroatoms. The van der Waals surface area contributed by atoms with Gasteiger partial charge in [-0.1, -0.05) is 37.1 Å². The number of hydrogen-bond acceptors (Lipinski definition) is 5. The van der Waals surface area contributed by atoms with Crippen molar-refractivity contribution in [3.63, 3.8) is 0 Å². The number of aryl methyl sites for hydroxylation is 2. The Morgan fingerprint density at radius 2 is 2.11 bits per heavy atom. The van der Waals surface area contributed by atoms with Crippen molar-refractivity contribution >= 4 is 29.2 Å². The highest BCUT2D eigenvalue weighted by Gasteiger charge is 2.26. The molecule has 0 aliphatic heterocycles. The van der Waals surface area contributed by atoms with Gasteiger partial charge in [0.25, 0.3) is 5.91 Å². The molecule has 1 aromatic carbocycles. The van der Waals surface area contributed by atoms with Gasteiger partial charge in [-0.25, -0.2) is 4.79 Å². The number of para-hydroxylation sites is 1. The van der Waals surface area contributed by atoms with Crippen molar-refractivity contribution in [2.75, 3.05) is 5.32 Å². The second kappa shape index (κ2) is 9.19. The molecule has 1 aromatic heterocycles. The maximum Gasteiger partial charge on any atom is 0.343 e. The molecule has 0 aliphatic carbocycles. The van der Waals surface area contributed by atoms with Crippen LogP contribution in [0.4, 0.5) is 5.69 Å². The Labute approximate surface area is 162 Å². The van der Waals surface area contributed by atoms with Gasteiger partial charge in [0.15, 0.2) is 6.10 Å². The van der Waals surface area contributed by atoms with E-state index in [1.807, 2.05) is 13.0 Å². The van der Waals surface area contributed by atoms with Crippen LogP contribution in [0.3, 0.4) is 0 Å². The van der Waals surface area contributed by atoms with Crippen LogP contribution >= 0.6 is 11.6 Å². The van der Waals surface area contributed by atoms with Crippen molar-refractivity contribution in [2.45, 2.75) is 46.3 Å². The van der Waals surface area contributed by atoms with E-state index in [0.29, 0.717) is 23.5 Å². The van der Waals surface area contributed by atoms with Crippen LogP contribution in [0.2, 0.25) is 5.15 Å². The van der Waals surface area contributed by atoms with Crippen molar-refractivity contribution in [2.24, 2.45) is 0 Å². The number of esters is 1. The molecule has 0 fully saturated rings. The summed E-state index contributed by atoms with van der Waals surface area (Å²) in [5.41, 5.74) is 1.28. The molecule has 0 radical (unpaired) electrons. The smallest absolute Gasteiger partial charge is 0.343 e. The summed E-state index contributed by atoms with van der Waals surface area (Å²) in [4.78, 5) is 24.8. The third-order valence-electron chi connectivity index (χ3n) is 3.95. The van der Waals surface area contributed by atoms with E-state index in [9.17, 15) is 9.59 Å². The first kappa shape index (κ1) is 20.5. The molecule has 1 atom stereocenters. The number of aromatic nitrogens is 2. The number of nitrogens with zero attached hydrogens (tertiary/aromatic N) is 3. The average Bonchev–Trinajstić information content (AvgIpc) is 2.93. The fourth-order valence-corrected chi connectivity index (χ4v) is 2.77. The zero-order chi connectivity index (χ0) is 20.0. The third-order valence-corrected chi connectivity index (χ3v) is 4.34. The van der Waals surface area contributed by atoms with Gasteiger partial charge >= 0.3 is 5.97 Å². The Kier molecular flexibility index (Phi) is 6.97. The van der Waals surface area contributed by atoms with E-state index >= 15 is 0 Å². The fourth-order valence-electron chi connectivity index (χ4n) is 2.44. The van der Waals surface area contributed by atoms with E-state index in [2.05, 4.69) is 10.4 Å². The Bertz CT molecular complexity index is 886. The maximum atomic E-state index is 12.5. The number of ether oxygens (including phenoxy) is 1. The van der Waals surface area contributed by atoms with Crippen LogP contribution in [0, 0.1) is 18.3 Å². The number of amides is 1. The number of nitrogens with one attached hydrogen (secondary N) is 1. The van der Waals surface area contributed by atoms with Crippen molar-refractivity contribution < 1.29 is 14.3 Å². The minimum Gasteiger partial charge on any atom is -0.449 e. The molecule has 1 amide bonds. The highest BCUT2D eigenvalue weighted by molar-refractivity contribution is 6.32. The van der Waals surface area contributed by atoms with Crippen LogP contribution in [0.25, 0.3) is 0 Å². The van der Waals surface area contributed by atoms with E-state index < -0.39 is 18.0 Å². The zero-order valence-electron chi connectivity index (χ0n) is 15.5. The zero-order valence-corrected chi connectivity index (χ0v) is 16.2. The topological polar surface area (TPSA) is 97.0 Å². The van der Waals surface area contributed by atoms with Crippen LogP contribution in [0.15, 0.2) is 24.3 Å². The predicted octanol–water partition coefficient (Wildman–Crippen LogP) is 3.70. The Balaban J connectivity index is 2.08. The number of nitriles is 1. The van der Waals surface area contributed by atoms with Gasteiger partial charge < -0.3 is 10.1 Å². The van der Waals surface area contributed by atoms with Crippen LogP contribution in [0.5, 0.6) is 0 Å². The van der Waals surface area contributed by atoms with E-state index in [0.717, 1.165) is 12.8 Å². The molecule has 0 saturated carbocycles. The van der Waals surface area contributed by atoms with Gasteiger partial charge in [0.1, 0.15) is 16.8 Å². The lowest BCUT2D eigenvalue weighted by atomic mass is 10.2. The maximum absolute atomic E-state index is 12.5. The standard InChI is InChI=1S/C19H21ClN4O3/c1-4-5-10-24-17(20)16(12(2)23-24)19(26)27-13(3)18(25)22-15-9-7-6-8-14(15)11-21/h6-9,13H,4-5,10H2,1-3H3,(H,22,25)/t13-/m1/s1. The highest BCUT2D eigenvalue weighted by atomic mass is 35.5. The Morgan fingerprint density at radius 1 is 1.41 bits per heavy atom. The van der Waals surface area contributed by atoms with Crippen LogP contribution in [-0.4, -0.2) is 27.8 Å². The molecule has 7 nitrogen and oxygen atoms in total. The monoisotopic (exact) mass is 388 g/mol. The molecular weight excluding hydrogens is 368 g/mol. The average molecular weight is 389 g/mol. The normalized spacial score (nSPS) is 11.5. The quantitative estimate of drug-likeness (QED) is 0.729. The van der Waals surface area contributed by atoms with E-state index in [1.165, 1.54) is 6.92 Å². The number of carbonyl (C=O) groups excluding carboxylic acids is 2. The number of unbranched alkanes of at least 4 members (excludes halogenated alkanes) is 1. The summed E-state index contributed by atoms with van der Waals surface area (Å²) < 4.78 is 6.81. The lowest BCUT2D eigenvalue weighted by Crippen LogP contribution is -2.30. The molecule has 1 N–H and O–H groups in total. The van der Waals surface area contributed by atoms with Gasteiger partial charge in [0, 0.05) is 6.54 Å². The molecule has 0 unspecified atom stereocenters. The Morgan fingerprint density at radius 3 is 2.78 bits per heavy atom. The molecule has 2 rings (SSSR count). The van der Waals surface area contributed by atoms with Crippen LogP contribution in [-0.2, 0) is 16.1 Å². The number of carbonyl (C=O) groups is 2. The largest absolute Gasteiger partial charge is 0.449 e. The summed E-state index contributed by atoms with van der Waals surface area (Å²) in [6, 6.07) is 8.56. The van der Waals surface area contributed by atoms with Gasteiger partial charge in [-0.3, -0.25) is 9.48 Å². The second-order valence-electron chi connectivity index (χ2n) is 6.02. The molecule has 0 saturated heterocycles. The molecule has 2 aromatic rings. The van der Waals surface area contributed by atoms with Gasteiger partial charge in [-0.15, -0.1) is 0 Å². The van der Waals surface area contributed by atoms with Crippen molar-refractivity contribution in [3.8, 4) is 6.07 Å². The number of benzene rings is 1. The Hall–Kier alpha value is -2.85. The number of halogens is 1. The summed E-state index contributed by atoms with van der Waals surface area (Å²) >= 11 is 6.26. The lowest BCUT2D eigenvalue weighted by Gasteiger charge is -2.14. The fraction of sp³-hybridized carbons (Fsp3) is 0.368. The van der Waals surface area contributed by atoms with Gasteiger partial charge in [0.2, 0.25) is 0 Å². The predicted molar refractivity (Wildman–Crippen MR) is 102 cm³/mol. The lowest BCUT2D eigenvalue weighted by molar-refractivity contribution is -0.123. The summed E-state index contributed by atoms with van der Waals surface area (Å²) in [6.45, 7) is 5.76.